The van der Waals surface area contributed by atoms with Crippen molar-refractivity contribution in [1.82, 2.24) is 4.90 Å². The van der Waals surface area contributed by atoms with E-state index in [4.69, 9.17) is 18.9 Å². The van der Waals surface area contributed by atoms with E-state index in [1.807, 2.05) is 20.8 Å². The Morgan fingerprint density at radius 1 is 1.19 bits per heavy atom. The summed E-state index contributed by atoms with van der Waals surface area (Å²) in [5, 5.41) is 0. The van der Waals surface area contributed by atoms with Crippen LogP contribution in [0, 0.1) is 5.92 Å². The summed E-state index contributed by atoms with van der Waals surface area (Å²) in [5.74, 6) is -0.398. The first-order valence-corrected chi connectivity index (χ1v) is 9.61. The van der Waals surface area contributed by atoms with Crippen LogP contribution >= 0.6 is 0 Å². The van der Waals surface area contributed by atoms with Crippen LogP contribution in [0.15, 0.2) is 0 Å². The maximum Gasteiger partial charge on any atom is 0.410 e. The summed E-state index contributed by atoms with van der Waals surface area (Å²) in [6.07, 6.45) is 4.42. The third-order valence-corrected chi connectivity index (χ3v) is 4.77. The van der Waals surface area contributed by atoms with E-state index in [2.05, 4.69) is 0 Å². The smallest absolute Gasteiger partial charge is 0.410 e. The van der Waals surface area contributed by atoms with Gasteiger partial charge in [-0.3, -0.25) is 4.79 Å². The number of piperidine rings is 1. The Morgan fingerprint density at radius 2 is 1.96 bits per heavy atom. The van der Waals surface area contributed by atoms with Crippen molar-refractivity contribution in [3.05, 3.63) is 0 Å². The molecule has 3 atom stereocenters. The Hall–Kier alpha value is -1.34. The van der Waals surface area contributed by atoms with Crippen LogP contribution in [-0.2, 0) is 23.7 Å². The minimum atomic E-state index is -0.548. The number of esters is 1. The first-order chi connectivity index (χ1) is 12.3. The molecule has 0 radical (unpaired) electrons. The lowest BCUT2D eigenvalue weighted by Gasteiger charge is -2.39. The highest BCUT2D eigenvalue weighted by Gasteiger charge is 2.37. The predicted octanol–water partition coefficient (Wildman–Crippen LogP) is 3.11. The minimum Gasteiger partial charge on any atom is -0.469 e. The Morgan fingerprint density at radius 3 is 2.58 bits per heavy atom. The Balaban J connectivity index is 1.93. The lowest BCUT2D eigenvalue weighted by molar-refractivity contribution is -0.165. The fourth-order valence-corrected chi connectivity index (χ4v) is 3.44. The van der Waals surface area contributed by atoms with Gasteiger partial charge in [0.2, 0.25) is 0 Å². The lowest BCUT2D eigenvalue weighted by atomic mass is 9.89. The molecule has 7 heteroatoms. The second-order valence-electron chi connectivity index (χ2n) is 8.03. The molecule has 7 nitrogen and oxygen atoms in total. The van der Waals surface area contributed by atoms with E-state index < -0.39 is 5.60 Å². The molecule has 0 aliphatic carbocycles. The summed E-state index contributed by atoms with van der Waals surface area (Å²) < 4.78 is 21.8. The van der Waals surface area contributed by atoms with Gasteiger partial charge in [-0.25, -0.2) is 4.79 Å². The molecule has 2 rings (SSSR count). The molecule has 0 aromatic rings. The van der Waals surface area contributed by atoms with Gasteiger partial charge in [-0.2, -0.15) is 0 Å². The molecule has 0 saturated carbocycles. The highest BCUT2D eigenvalue weighted by molar-refractivity contribution is 5.73. The van der Waals surface area contributed by atoms with Crippen molar-refractivity contribution in [3.8, 4) is 0 Å². The van der Waals surface area contributed by atoms with Gasteiger partial charge in [0.1, 0.15) is 5.60 Å². The number of rotatable bonds is 5. The molecular formula is C19H33NO6. The van der Waals surface area contributed by atoms with E-state index in [1.54, 1.807) is 4.90 Å². The van der Waals surface area contributed by atoms with Gasteiger partial charge in [0.25, 0.3) is 0 Å². The monoisotopic (exact) mass is 371 g/mol. The number of methoxy groups -OCH3 is 1. The molecule has 2 fully saturated rings. The van der Waals surface area contributed by atoms with E-state index in [9.17, 15) is 9.59 Å². The van der Waals surface area contributed by atoms with E-state index in [-0.39, 0.29) is 30.3 Å². The quantitative estimate of drug-likeness (QED) is 0.691. The van der Waals surface area contributed by atoms with Crippen molar-refractivity contribution >= 4 is 12.1 Å². The van der Waals surface area contributed by atoms with Crippen molar-refractivity contribution in [2.75, 3.05) is 26.9 Å². The Bertz CT molecular complexity index is 469. The van der Waals surface area contributed by atoms with Crippen LogP contribution in [0.4, 0.5) is 4.79 Å². The number of carbonyl (C=O) groups is 2. The zero-order valence-electron chi connectivity index (χ0n) is 16.5. The standard InChI is InChI=1S/C19H33NO6/c1-19(2,3)26-18(22)20-10-8-14(17(21)23-4)13-15(20)9-12-25-16-7-5-6-11-24-16/h14-16H,5-13H2,1-4H3. The summed E-state index contributed by atoms with van der Waals surface area (Å²) >= 11 is 0. The second-order valence-corrected chi connectivity index (χ2v) is 8.03. The summed E-state index contributed by atoms with van der Waals surface area (Å²) in [7, 11) is 1.40. The SMILES string of the molecule is COC(=O)C1CCN(C(=O)OC(C)(C)C)C(CCOC2CCCCO2)C1. The van der Waals surface area contributed by atoms with Crippen LogP contribution in [0.2, 0.25) is 0 Å². The van der Waals surface area contributed by atoms with Crippen molar-refractivity contribution in [3.63, 3.8) is 0 Å². The van der Waals surface area contributed by atoms with E-state index in [1.165, 1.54) is 7.11 Å². The predicted molar refractivity (Wildman–Crippen MR) is 95.6 cm³/mol. The van der Waals surface area contributed by atoms with Crippen molar-refractivity contribution in [1.29, 1.82) is 0 Å². The molecule has 2 saturated heterocycles. The molecule has 0 aromatic carbocycles. The van der Waals surface area contributed by atoms with Gasteiger partial charge >= 0.3 is 12.1 Å². The van der Waals surface area contributed by atoms with Gasteiger partial charge in [0.05, 0.1) is 19.6 Å². The number of carbonyl (C=O) groups excluding carboxylic acids is 2. The van der Waals surface area contributed by atoms with Gasteiger partial charge in [0.15, 0.2) is 6.29 Å². The number of hydrogen-bond donors (Lipinski definition) is 0. The molecular weight excluding hydrogens is 338 g/mol. The molecule has 2 heterocycles. The van der Waals surface area contributed by atoms with E-state index >= 15 is 0 Å². The molecule has 0 N–H and O–H groups in total. The van der Waals surface area contributed by atoms with Gasteiger partial charge in [-0.15, -0.1) is 0 Å². The molecule has 0 spiro atoms. The van der Waals surface area contributed by atoms with E-state index in [0.29, 0.717) is 32.4 Å². The molecule has 2 aliphatic heterocycles. The van der Waals surface area contributed by atoms with Crippen LogP contribution in [-0.4, -0.2) is 61.8 Å². The zero-order chi connectivity index (χ0) is 19.2. The number of nitrogens with zero attached hydrogens (tertiary/aromatic N) is 1. The molecule has 2 aliphatic rings. The van der Waals surface area contributed by atoms with Crippen LogP contribution in [0.1, 0.15) is 59.3 Å². The fourth-order valence-electron chi connectivity index (χ4n) is 3.44. The van der Waals surface area contributed by atoms with Crippen molar-refractivity contribution in [2.45, 2.75) is 77.2 Å². The topological polar surface area (TPSA) is 74.3 Å². The largest absolute Gasteiger partial charge is 0.469 e. The van der Waals surface area contributed by atoms with Gasteiger partial charge in [0, 0.05) is 19.2 Å². The maximum absolute atomic E-state index is 12.6. The molecule has 150 valence electrons. The highest BCUT2D eigenvalue weighted by atomic mass is 16.7. The molecule has 0 aromatic heterocycles. The van der Waals surface area contributed by atoms with Gasteiger partial charge in [-0.05, 0) is 59.3 Å². The summed E-state index contributed by atoms with van der Waals surface area (Å²) in [4.78, 5) is 26.2. The zero-order valence-corrected chi connectivity index (χ0v) is 16.5. The van der Waals surface area contributed by atoms with Crippen molar-refractivity contribution < 1.29 is 28.5 Å². The number of ether oxygens (including phenoxy) is 4. The third kappa shape index (κ3) is 6.43. The minimum absolute atomic E-state index is 0.105. The first-order valence-electron chi connectivity index (χ1n) is 9.61. The third-order valence-electron chi connectivity index (χ3n) is 4.77. The average molecular weight is 371 g/mol. The normalized spacial score (nSPS) is 27.1. The summed E-state index contributed by atoms with van der Waals surface area (Å²) in [6, 6.07) is -0.105. The number of likely N-dealkylation sites (tertiary alicyclic amines) is 1. The Kier molecular flexibility index (Phi) is 7.70. The summed E-state index contributed by atoms with van der Waals surface area (Å²) in [5.41, 5.74) is -0.548. The molecule has 1 amide bonds. The Labute approximate surface area is 156 Å². The highest BCUT2D eigenvalue weighted by Crippen LogP contribution is 2.28. The van der Waals surface area contributed by atoms with E-state index in [0.717, 1.165) is 25.9 Å². The first kappa shape index (κ1) is 21.0. The number of amides is 1. The van der Waals surface area contributed by atoms with Crippen LogP contribution in [0.5, 0.6) is 0 Å². The average Bonchev–Trinajstić information content (AvgIpc) is 2.60. The maximum atomic E-state index is 12.6. The molecule has 26 heavy (non-hydrogen) atoms. The molecule has 3 unspecified atom stereocenters. The van der Waals surface area contributed by atoms with Gasteiger partial charge < -0.3 is 23.8 Å². The molecule has 0 bridgehead atoms. The van der Waals surface area contributed by atoms with Gasteiger partial charge in [-0.1, -0.05) is 0 Å². The van der Waals surface area contributed by atoms with Crippen molar-refractivity contribution in [2.24, 2.45) is 5.92 Å². The van der Waals surface area contributed by atoms with Crippen LogP contribution in [0.3, 0.4) is 0 Å². The number of hydrogen-bond acceptors (Lipinski definition) is 6. The van der Waals surface area contributed by atoms with Crippen LogP contribution in [0.25, 0.3) is 0 Å². The fraction of sp³-hybridized carbons (Fsp3) is 0.895. The summed E-state index contributed by atoms with van der Waals surface area (Å²) in [6.45, 7) is 7.27. The lowest BCUT2D eigenvalue weighted by Crippen LogP contribution is -2.49. The van der Waals surface area contributed by atoms with Crippen LogP contribution < -0.4 is 0 Å². The second kappa shape index (κ2) is 9.55.